The molecule has 1 aromatic rings. The quantitative estimate of drug-likeness (QED) is 0.769. The van der Waals surface area contributed by atoms with Crippen LogP contribution in [0.15, 0.2) is 23.5 Å². The number of hydrogen-bond acceptors (Lipinski definition) is 4. The summed E-state index contributed by atoms with van der Waals surface area (Å²) in [5, 5.41) is 5.51. The van der Waals surface area contributed by atoms with Crippen LogP contribution in [-0.4, -0.2) is 10.9 Å². The number of rotatable bonds is 4. The predicted molar refractivity (Wildman–Crippen MR) is 57.4 cm³/mol. The summed E-state index contributed by atoms with van der Waals surface area (Å²) in [5.74, 6) is 0.403. The Morgan fingerprint density at radius 1 is 1.60 bits per heavy atom. The minimum absolute atomic E-state index is 0.0863. The average molecular weight is 207 g/mol. The zero-order valence-electron chi connectivity index (χ0n) is 8.73. The topological polar surface area (TPSA) is 71.4 Å². The molecule has 0 fully saturated rings. The number of pyridine rings is 1. The van der Waals surface area contributed by atoms with E-state index in [1.807, 2.05) is 0 Å². The van der Waals surface area contributed by atoms with E-state index in [0.29, 0.717) is 12.2 Å². The third kappa shape index (κ3) is 3.12. The summed E-state index contributed by atoms with van der Waals surface area (Å²) in [5.41, 5.74) is 0.736. The van der Waals surface area contributed by atoms with E-state index in [9.17, 15) is 9.70 Å². The summed E-state index contributed by atoms with van der Waals surface area (Å²) in [6.07, 6.45) is 1.95. The van der Waals surface area contributed by atoms with Crippen molar-refractivity contribution >= 4 is 11.7 Å². The van der Waals surface area contributed by atoms with Gasteiger partial charge in [-0.25, -0.2) is 4.98 Å². The van der Waals surface area contributed by atoms with Gasteiger partial charge in [0.25, 0.3) is 0 Å². The highest BCUT2D eigenvalue weighted by molar-refractivity contribution is 5.89. The molecule has 1 rings (SSSR count). The first-order valence-corrected chi connectivity index (χ1v) is 4.75. The first-order valence-electron chi connectivity index (χ1n) is 4.75. The van der Waals surface area contributed by atoms with Crippen molar-refractivity contribution in [1.29, 1.82) is 0 Å². The van der Waals surface area contributed by atoms with E-state index in [2.05, 4.69) is 15.5 Å². The van der Waals surface area contributed by atoms with Gasteiger partial charge in [-0.3, -0.25) is 4.79 Å². The van der Waals surface area contributed by atoms with Gasteiger partial charge < -0.3 is 5.32 Å². The lowest BCUT2D eigenvalue weighted by Gasteiger charge is -2.05. The molecule has 0 aliphatic carbocycles. The Bertz CT molecular complexity index is 348. The molecule has 0 bridgehead atoms. The molecule has 1 amide bonds. The molecule has 0 radical (unpaired) electrons. The highest BCUT2D eigenvalue weighted by Gasteiger charge is 2.05. The SMILES string of the molecule is CCC(=O)Nc1ccc(C(C)N=O)cn1. The Morgan fingerprint density at radius 3 is 2.80 bits per heavy atom. The molecule has 0 spiro atoms. The number of nitrogens with one attached hydrogen (secondary N) is 1. The molecule has 1 N–H and O–H groups in total. The molecule has 1 atom stereocenters. The van der Waals surface area contributed by atoms with Crippen LogP contribution >= 0.6 is 0 Å². The average Bonchev–Trinajstić information content (AvgIpc) is 2.29. The van der Waals surface area contributed by atoms with E-state index >= 15 is 0 Å². The van der Waals surface area contributed by atoms with Gasteiger partial charge in [-0.2, -0.15) is 4.91 Å². The summed E-state index contributed by atoms with van der Waals surface area (Å²) in [4.78, 5) is 25.3. The fourth-order valence-corrected chi connectivity index (χ4v) is 1.02. The van der Waals surface area contributed by atoms with Gasteiger partial charge in [0.05, 0.1) is 0 Å². The summed E-state index contributed by atoms with van der Waals surface area (Å²) < 4.78 is 0. The minimum Gasteiger partial charge on any atom is -0.311 e. The number of amides is 1. The molecule has 0 aliphatic heterocycles. The van der Waals surface area contributed by atoms with E-state index < -0.39 is 6.04 Å². The van der Waals surface area contributed by atoms with Crippen LogP contribution < -0.4 is 5.32 Å². The summed E-state index contributed by atoms with van der Waals surface area (Å²) in [6.45, 7) is 3.45. The van der Waals surface area contributed by atoms with Gasteiger partial charge in [-0.05, 0) is 18.6 Å². The van der Waals surface area contributed by atoms with Crippen molar-refractivity contribution in [1.82, 2.24) is 4.98 Å². The highest BCUT2D eigenvalue weighted by atomic mass is 16.3. The van der Waals surface area contributed by atoms with Crippen molar-refractivity contribution in [3.8, 4) is 0 Å². The standard InChI is InChI=1S/C10H13N3O2/c1-3-10(14)12-9-5-4-8(6-11-9)7(2)13-15/h4-7H,3H2,1-2H3,(H,11,12,14). The Morgan fingerprint density at radius 2 is 2.33 bits per heavy atom. The van der Waals surface area contributed by atoms with Crippen molar-refractivity contribution in [2.24, 2.45) is 5.18 Å². The molecule has 0 saturated carbocycles. The van der Waals surface area contributed by atoms with Crippen LogP contribution in [0.3, 0.4) is 0 Å². The molecule has 0 saturated heterocycles. The normalized spacial score (nSPS) is 11.9. The van der Waals surface area contributed by atoms with Gasteiger partial charge in [-0.1, -0.05) is 18.2 Å². The van der Waals surface area contributed by atoms with Gasteiger partial charge in [0, 0.05) is 12.6 Å². The second kappa shape index (κ2) is 5.19. The summed E-state index contributed by atoms with van der Waals surface area (Å²) >= 11 is 0. The largest absolute Gasteiger partial charge is 0.311 e. The Labute approximate surface area is 87.9 Å². The second-order valence-corrected chi connectivity index (χ2v) is 3.16. The number of carbonyl (C=O) groups excluding carboxylic acids is 1. The van der Waals surface area contributed by atoms with E-state index in [4.69, 9.17) is 0 Å². The number of nitrogens with zero attached hydrogens (tertiary/aromatic N) is 2. The number of nitroso groups, excluding NO2 is 1. The second-order valence-electron chi connectivity index (χ2n) is 3.16. The Hall–Kier alpha value is -1.78. The van der Waals surface area contributed by atoms with Crippen LogP contribution in [0, 0.1) is 4.91 Å². The number of carbonyl (C=O) groups is 1. The monoisotopic (exact) mass is 207 g/mol. The van der Waals surface area contributed by atoms with Crippen molar-refractivity contribution < 1.29 is 4.79 Å². The third-order valence-corrected chi connectivity index (χ3v) is 2.02. The zero-order chi connectivity index (χ0) is 11.3. The minimum atomic E-state index is -0.409. The molecule has 15 heavy (non-hydrogen) atoms. The van der Waals surface area contributed by atoms with E-state index in [1.54, 1.807) is 26.0 Å². The first-order chi connectivity index (χ1) is 7.17. The lowest BCUT2D eigenvalue weighted by molar-refractivity contribution is -0.115. The summed E-state index contributed by atoms with van der Waals surface area (Å²) in [6, 6.07) is 2.97. The van der Waals surface area contributed by atoms with Gasteiger partial charge in [0.15, 0.2) is 0 Å². The van der Waals surface area contributed by atoms with Gasteiger partial charge in [0.1, 0.15) is 11.9 Å². The molecule has 5 nitrogen and oxygen atoms in total. The molecule has 0 aromatic carbocycles. The fraction of sp³-hybridized carbons (Fsp3) is 0.400. The zero-order valence-corrected chi connectivity index (χ0v) is 8.73. The van der Waals surface area contributed by atoms with E-state index in [0.717, 1.165) is 5.56 Å². The van der Waals surface area contributed by atoms with Crippen LogP contribution in [0.1, 0.15) is 31.9 Å². The predicted octanol–water partition coefficient (Wildman–Crippen LogP) is 2.26. The number of anilines is 1. The van der Waals surface area contributed by atoms with Crippen LogP contribution in [0.2, 0.25) is 0 Å². The number of aromatic nitrogens is 1. The molecular weight excluding hydrogens is 194 g/mol. The smallest absolute Gasteiger partial charge is 0.225 e. The maximum Gasteiger partial charge on any atom is 0.225 e. The summed E-state index contributed by atoms with van der Waals surface area (Å²) in [7, 11) is 0. The van der Waals surface area contributed by atoms with Crippen LogP contribution in [-0.2, 0) is 4.79 Å². The Kier molecular flexibility index (Phi) is 3.91. The van der Waals surface area contributed by atoms with Crippen molar-refractivity contribution in [3.05, 3.63) is 28.8 Å². The molecule has 1 aromatic heterocycles. The van der Waals surface area contributed by atoms with Crippen molar-refractivity contribution in [2.45, 2.75) is 26.3 Å². The first kappa shape index (κ1) is 11.3. The maximum absolute atomic E-state index is 11.0. The maximum atomic E-state index is 11.0. The van der Waals surface area contributed by atoms with Crippen LogP contribution in [0.25, 0.3) is 0 Å². The van der Waals surface area contributed by atoms with Gasteiger partial charge in [-0.15, -0.1) is 0 Å². The van der Waals surface area contributed by atoms with Gasteiger partial charge in [0.2, 0.25) is 5.91 Å². The lowest BCUT2D eigenvalue weighted by atomic mass is 10.1. The third-order valence-electron chi connectivity index (χ3n) is 2.02. The molecule has 0 aliphatic rings. The molecule has 1 unspecified atom stereocenters. The van der Waals surface area contributed by atoms with Gasteiger partial charge >= 0.3 is 0 Å². The fourth-order valence-electron chi connectivity index (χ4n) is 1.02. The van der Waals surface area contributed by atoms with E-state index in [-0.39, 0.29) is 5.91 Å². The Balaban J connectivity index is 2.72. The highest BCUT2D eigenvalue weighted by Crippen LogP contribution is 2.16. The van der Waals surface area contributed by atoms with Crippen LogP contribution in [0.4, 0.5) is 5.82 Å². The molecule has 1 heterocycles. The lowest BCUT2D eigenvalue weighted by Crippen LogP contribution is -2.10. The van der Waals surface area contributed by atoms with Crippen molar-refractivity contribution in [2.75, 3.05) is 5.32 Å². The van der Waals surface area contributed by atoms with Crippen LogP contribution in [0.5, 0.6) is 0 Å². The molecular formula is C10H13N3O2. The molecule has 5 heteroatoms. The number of hydrogen-bond donors (Lipinski definition) is 1. The van der Waals surface area contributed by atoms with Crippen molar-refractivity contribution in [3.63, 3.8) is 0 Å². The molecule has 80 valence electrons. The van der Waals surface area contributed by atoms with E-state index in [1.165, 1.54) is 6.20 Å².